The van der Waals surface area contributed by atoms with E-state index in [9.17, 15) is 13.2 Å². The minimum atomic E-state index is -3.65. The highest BCUT2D eigenvalue weighted by molar-refractivity contribution is 7.92. The Labute approximate surface area is 142 Å². The van der Waals surface area contributed by atoms with E-state index in [2.05, 4.69) is 27.8 Å². The van der Waals surface area contributed by atoms with E-state index in [1.807, 2.05) is 0 Å². The zero-order chi connectivity index (χ0) is 17.3. The molecule has 1 amide bonds. The van der Waals surface area contributed by atoms with Crippen molar-refractivity contribution in [2.24, 2.45) is 5.92 Å². The number of amides is 1. The molecule has 0 spiro atoms. The van der Waals surface area contributed by atoms with E-state index < -0.39 is 21.0 Å². The Balaban J connectivity index is 1.64. The quantitative estimate of drug-likeness (QED) is 0.816. The van der Waals surface area contributed by atoms with Gasteiger partial charge in [0.2, 0.25) is 5.91 Å². The van der Waals surface area contributed by atoms with Crippen molar-refractivity contribution in [2.75, 3.05) is 0 Å². The number of carbonyl (C=O) groups is 1. The predicted octanol–water partition coefficient (Wildman–Crippen LogP) is 1.01. The van der Waals surface area contributed by atoms with E-state index >= 15 is 0 Å². The SMILES string of the molecule is CC1CCCCC1NC(=O)C(C)S(=O)(=O)Cc1nnnn1C1CC1. The molecule has 0 saturated heterocycles. The summed E-state index contributed by atoms with van der Waals surface area (Å²) in [4.78, 5) is 12.4. The van der Waals surface area contributed by atoms with Gasteiger partial charge in [-0.3, -0.25) is 4.79 Å². The van der Waals surface area contributed by atoms with Crippen molar-refractivity contribution >= 4 is 15.7 Å². The number of carbonyl (C=O) groups excluding carboxylic acids is 1. The first kappa shape index (κ1) is 17.3. The Morgan fingerprint density at radius 3 is 2.67 bits per heavy atom. The summed E-state index contributed by atoms with van der Waals surface area (Å²) in [7, 11) is -3.65. The lowest BCUT2D eigenvalue weighted by atomic mass is 9.86. The molecule has 3 rings (SSSR count). The molecule has 3 unspecified atom stereocenters. The van der Waals surface area contributed by atoms with Crippen molar-refractivity contribution in [3.63, 3.8) is 0 Å². The molecule has 3 atom stereocenters. The number of hydrogen-bond donors (Lipinski definition) is 1. The van der Waals surface area contributed by atoms with Crippen LogP contribution in [-0.4, -0.2) is 45.8 Å². The van der Waals surface area contributed by atoms with Crippen molar-refractivity contribution in [1.29, 1.82) is 0 Å². The number of nitrogens with one attached hydrogen (secondary N) is 1. The van der Waals surface area contributed by atoms with E-state index in [1.165, 1.54) is 13.3 Å². The van der Waals surface area contributed by atoms with Gasteiger partial charge in [0.1, 0.15) is 11.0 Å². The topological polar surface area (TPSA) is 107 Å². The highest BCUT2D eigenvalue weighted by Gasteiger charge is 2.35. The molecule has 0 aliphatic heterocycles. The summed E-state index contributed by atoms with van der Waals surface area (Å²) in [5.74, 6) is -0.00663. The van der Waals surface area contributed by atoms with Crippen molar-refractivity contribution < 1.29 is 13.2 Å². The monoisotopic (exact) mass is 355 g/mol. The maximum absolute atomic E-state index is 12.6. The third-order valence-corrected chi connectivity index (χ3v) is 7.08. The van der Waals surface area contributed by atoms with Crippen LogP contribution in [0.15, 0.2) is 0 Å². The predicted molar refractivity (Wildman–Crippen MR) is 87.7 cm³/mol. The van der Waals surface area contributed by atoms with Crippen LogP contribution in [0.2, 0.25) is 0 Å². The molecule has 1 heterocycles. The van der Waals surface area contributed by atoms with Crippen LogP contribution in [0.25, 0.3) is 0 Å². The zero-order valence-electron chi connectivity index (χ0n) is 14.2. The molecule has 2 aliphatic rings. The zero-order valence-corrected chi connectivity index (χ0v) is 15.0. The van der Waals surface area contributed by atoms with E-state index in [4.69, 9.17) is 0 Å². The van der Waals surface area contributed by atoms with E-state index in [0.29, 0.717) is 11.7 Å². The molecule has 9 heteroatoms. The number of rotatable bonds is 6. The number of sulfone groups is 1. The van der Waals surface area contributed by atoms with Crippen LogP contribution < -0.4 is 5.32 Å². The number of tetrazole rings is 1. The van der Waals surface area contributed by atoms with E-state index in [0.717, 1.165) is 32.1 Å². The first-order valence-electron chi connectivity index (χ1n) is 8.67. The van der Waals surface area contributed by atoms with Gasteiger partial charge in [-0.25, -0.2) is 13.1 Å². The Hall–Kier alpha value is -1.51. The van der Waals surface area contributed by atoms with Gasteiger partial charge in [-0.2, -0.15) is 0 Å². The largest absolute Gasteiger partial charge is 0.352 e. The van der Waals surface area contributed by atoms with Crippen molar-refractivity contribution in [3.8, 4) is 0 Å². The van der Waals surface area contributed by atoms with Gasteiger partial charge in [-0.15, -0.1) is 5.10 Å². The summed E-state index contributed by atoms with van der Waals surface area (Å²) in [6, 6.07) is 0.276. The average molecular weight is 355 g/mol. The molecular weight excluding hydrogens is 330 g/mol. The summed E-state index contributed by atoms with van der Waals surface area (Å²) in [5.41, 5.74) is 0. The molecule has 1 aromatic rings. The van der Waals surface area contributed by atoms with Crippen LogP contribution >= 0.6 is 0 Å². The summed E-state index contributed by atoms with van der Waals surface area (Å²) >= 11 is 0. The first-order chi connectivity index (χ1) is 11.4. The Morgan fingerprint density at radius 2 is 2.00 bits per heavy atom. The van der Waals surface area contributed by atoms with Crippen molar-refractivity contribution in [2.45, 2.75) is 75.5 Å². The van der Waals surface area contributed by atoms with Gasteiger partial charge < -0.3 is 5.32 Å². The highest BCUT2D eigenvalue weighted by Crippen LogP contribution is 2.34. The molecule has 0 radical (unpaired) electrons. The fourth-order valence-electron chi connectivity index (χ4n) is 3.21. The fraction of sp³-hybridized carbons (Fsp3) is 0.867. The molecular formula is C15H25N5O3S. The molecule has 2 fully saturated rings. The number of aromatic nitrogens is 4. The van der Waals surface area contributed by atoms with Crippen LogP contribution in [0.1, 0.15) is 64.2 Å². The molecule has 1 N–H and O–H groups in total. The minimum Gasteiger partial charge on any atom is -0.352 e. The second kappa shape index (κ2) is 6.78. The molecule has 24 heavy (non-hydrogen) atoms. The molecule has 134 valence electrons. The van der Waals surface area contributed by atoms with Crippen LogP contribution in [0.4, 0.5) is 0 Å². The van der Waals surface area contributed by atoms with Gasteiger partial charge in [0.05, 0.1) is 6.04 Å². The second-order valence-corrected chi connectivity index (χ2v) is 9.42. The molecule has 0 aromatic carbocycles. The second-order valence-electron chi connectivity index (χ2n) is 7.10. The van der Waals surface area contributed by atoms with Crippen LogP contribution in [-0.2, 0) is 20.4 Å². The van der Waals surface area contributed by atoms with Crippen LogP contribution in [0.3, 0.4) is 0 Å². The fourth-order valence-corrected chi connectivity index (χ4v) is 4.40. The lowest BCUT2D eigenvalue weighted by Gasteiger charge is -2.30. The molecule has 2 aliphatic carbocycles. The van der Waals surface area contributed by atoms with Crippen molar-refractivity contribution in [3.05, 3.63) is 5.82 Å². The lowest BCUT2D eigenvalue weighted by Crippen LogP contribution is -2.47. The summed E-state index contributed by atoms with van der Waals surface area (Å²) in [5, 5.41) is 13.1. The molecule has 1 aromatic heterocycles. The smallest absolute Gasteiger partial charge is 0.238 e. The van der Waals surface area contributed by atoms with Gasteiger partial charge >= 0.3 is 0 Å². The maximum Gasteiger partial charge on any atom is 0.238 e. The standard InChI is InChI=1S/C15H25N5O3S/c1-10-5-3-4-6-13(10)16-15(21)11(2)24(22,23)9-14-17-18-19-20(14)12-7-8-12/h10-13H,3-9H2,1-2H3,(H,16,21). The Kier molecular flexibility index (Phi) is 4.89. The lowest BCUT2D eigenvalue weighted by molar-refractivity contribution is -0.121. The van der Waals surface area contributed by atoms with Crippen LogP contribution in [0.5, 0.6) is 0 Å². The summed E-state index contributed by atoms with van der Waals surface area (Å²) in [6.45, 7) is 3.55. The number of hydrogen-bond acceptors (Lipinski definition) is 6. The maximum atomic E-state index is 12.6. The van der Waals surface area contributed by atoms with Crippen molar-refractivity contribution in [1.82, 2.24) is 25.5 Å². The Morgan fingerprint density at radius 1 is 1.29 bits per heavy atom. The van der Waals surface area contributed by atoms with Crippen LogP contribution in [0, 0.1) is 5.92 Å². The normalized spacial score (nSPS) is 26.1. The van der Waals surface area contributed by atoms with Gasteiger partial charge in [-0.05, 0) is 49.0 Å². The summed E-state index contributed by atoms with van der Waals surface area (Å²) < 4.78 is 26.8. The number of nitrogens with zero attached hydrogens (tertiary/aromatic N) is 4. The molecule has 8 nitrogen and oxygen atoms in total. The first-order valence-corrected chi connectivity index (χ1v) is 10.4. The minimum absolute atomic E-state index is 0.0701. The average Bonchev–Trinajstić information content (AvgIpc) is 3.29. The van der Waals surface area contributed by atoms with Gasteiger partial charge in [0, 0.05) is 6.04 Å². The molecule has 0 bridgehead atoms. The van der Waals surface area contributed by atoms with Gasteiger partial charge in [0.15, 0.2) is 15.7 Å². The van der Waals surface area contributed by atoms with Gasteiger partial charge in [0.25, 0.3) is 0 Å². The third kappa shape index (κ3) is 3.76. The van der Waals surface area contributed by atoms with Gasteiger partial charge in [-0.1, -0.05) is 19.8 Å². The third-order valence-electron chi connectivity index (χ3n) is 5.13. The summed E-state index contributed by atoms with van der Waals surface area (Å²) in [6.07, 6.45) is 6.17. The Bertz CT molecular complexity index is 698. The van der Waals surface area contributed by atoms with E-state index in [-0.39, 0.29) is 17.8 Å². The highest BCUT2D eigenvalue weighted by atomic mass is 32.2. The van der Waals surface area contributed by atoms with E-state index in [1.54, 1.807) is 4.68 Å². The molecule has 2 saturated carbocycles.